The molecule has 0 radical (unpaired) electrons. The van der Waals surface area contributed by atoms with E-state index in [1.807, 2.05) is 0 Å². The molecule has 0 spiro atoms. The number of anilines is 2. The summed E-state index contributed by atoms with van der Waals surface area (Å²) in [6, 6.07) is 4.11. The van der Waals surface area contributed by atoms with Crippen LogP contribution in [0.25, 0.3) is 0 Å². The second-order valence-corrected chi connectivity index (χ2v) is 5.01. The second-order valence-electron chi connectivity index (χ2n) is 5.01. The first kappa shape index (κ1) is 16.8. The molecule has 116 valence electrons. The quantitative estimate of drug-likeness (QED) is 0.525. The van der Waals surface area contributed by atoms with Gasteiger partial charge in [0.2, 0.25) is 5.91 Å². The van der Waals surface area contributed by atoms with Gasteiger partial charge in [-0.25, -0.2) is 4.79 Å². The lowest BCUT2D eigenvalue weighted by Crippen LogP contribution is -2.43. The van der Waals surface area contributed by atoms with Crippen LogP contribution in [-0.2, 0) is 4.79 Å². The molecule has 0 saturated carbocycles. The van der Waals surface area contributed by atoms with Crippen molar-refractivity contribution in [2.75, 3.05) is 24.2 Å². The number of rotatable bonds is 7. The third-order valence-corrected chi connectivity index (χ3v) is 3.44. The van der Waals surface area contributed by atoms with Gasteiger partial charge in [-0.05, 0) is 31.5 Å². The third-order valence-electron chi connectivity index (χ3n) is 3.44. The van der Waals surface area contributed by atoms with Gasteiger partial charge < -0.3 is 21.1 Å². The molecule has 1 aromatic rings. The summed E-state index contributed by atoms with van der Waals surface area (Å²) >= 11 is 0. The van der Waals surface area contributed by atoms with Crippen LogP contribution in [0.3, 0.4) is 0 Å². The highest BCUT2D eigenvalue weighted by atomic mass is 16.4. The molecule has 0 heterocycles. The number of unbranched alkanes of at least 4 members (excludes halogenated alkanes) is 1. The monoisotopic (exact) mass is 293 g/mol. The number of carboxylic acids is 1. The van der Waals surface area contributed by atoms with Crippen LogP contribution in [0.4, 0.5) is 11.4 Å². The van der Waals surface area contributed by atoms with E-state index >= 15 is 0 Å². The van der Waals surface area contributed by atoms with E-state index in [1.165, 1.54) is 12.1 Å². The summed E-state index contributed by atoms with van der Waals surface area (Å²) in [4.78, 5) is 24.7. The van der Waals surface area contributed by atoms with Gasteiger partial charge in [0.25, 0.3) is 0 Å². The van der Waals surface area contributed by atoms with E-state index in [1.54, 1.807) is 24.9 Å². The first-order chi connectivity index (χ1) is 9.88. The zero-order valence-corrected chi connectivity index (χ0v) is 12.7. The first-order valence-corrected chi connectivity index (χ1v) is 7.01. The molecule has 1 atom stereocenters. The Kier molecular flexibility index (Phi) is 6.02. The van der Waals surface area contributed by atoms with Crippen molar-refractivity contribution >= 4 is 23.3 Å². The highest BCUT2D eigenvalue weighted by Crippen LogP contribution is 2.25. The Morgan fingerprint density at radius 1 is 1.43 bits per heavy atom. The predicted octanol–water partition coefficient (Wildman–Crippen LogP) is 1.71. The SMILES string of the molecule is CCCCNC(=O)C(C)N(C)c1ccc(C(=O)O)cc1N. The molecule has 1 amide bonds. The number of nitrogens with one attached hydrogen (secondary N) is 1. The molecule has 1 rings (SSSR count). The Morgan fingerprint density at radius 3 is 2.62 bits per heavy atom. The van der Waals surface area contributed by atoms with Crippen LogP contribution < -0.4 is 16.0 Å². The molecule has 6 nitrogen and oxygen atoms in total. The van der Waals surface area contributed by atoms with Gasteiger partial charge in [-0.15, -0.1) is 0 Å². The maximum atomic E-state index is 12.0. The van der Waals surface area contributed by atoms with Gasteiger partial charge in [0, 0.05) is 13.6 Å². The van der Waals surface area contributed by atoms with Crippen LogP contribution in [0.5, 0.6) is 0 Å². The van der Waals surface area contributed by atoms with Crippen molar-refractivity contribution in [2.45, 2.75) is 32.7 Å². The number of nitrogens with two attached hydrogens (primary N) is 1. The number of benzene rings is 1. The number of hydrogen-bond acceptors (Lipinski definition) is 4. The Bertz CT molecular complexity index is 517. The van der Waals surface area contributed by atoms with Crippen LogP contribution in [0, 0.1) is 0 Å². The number of hydrogen-bond donors (Lipinski definition) is 3. The largest absolute Gasteiger partial charge is 0.478 e. The number of carbonyl (C=O) groups excluding carboxylic acids is 1. The van der Waals surface area contributed by atoms with Crippen LogP contribution >= 0.6 is 0 Å². The summed E-state index contributed by atoms with van der Waals surface area (Å²) in [7, 11) is 1.76. The molecular weight excluding hydrogens is 270 g/mol. The molecule has 0 aliphatic rings. The maximum absolute atomic E-state index is 12.0. The van der Waals surface area contributed by atoms with Gasteiger partial charge in [0.15, 0.2) is 0 Å². The highest BCUT2D eigenvalue weighted by Gasteiger charge is 2.20. The van der Waals surface area contributed by atoms with Crippen LogP contribution in [0.1, 0.15) is 37.0 Å². The van der Waals surface area contributed by atoms with Crippen LogP contribution in [0.2, 0.25) is 0 Å². The fraction of sp³-hybridized carbons (Fsp3) is 0.467. The van der Waals surface area contributed by atoms with E-state index in [4.69, 9.17) is 10.8 Å². The molecule has 0 aromatic heterocycles. The lowest BCUT2D eigenvalue weighted by molar-refractivity contribution is -0.122. The Balaban J connectivity index is 2.80. The van der Waals surface area contributed by atoms with Gasteiger partial charge >= 0.3 is 5.97 Å². The first-order valence-electron chi connectivity index (χ1n) is 7.01. The van der Waals surface area contributed by atoms with Crippen molar-refractivity contribution in [1.82, 2.24) is 5.32 Å². The molecule has 4 N–H and O–H groups in total. The summed E-state index contributed by atoms with van der Waals surface area (Å²) in [5, 5.41) is 11.8. The molecule has 1 aromatic carbocycles. The van der Waals surface area contributed by atoms with Gasteiger partial charge in [0.05, 0.1) is 16.9 Å². The van der Waals surface area contributed by atoms with Crippen molar-refractivity contribution in [3.63, 3.8) is 0 Å². The molecule has 0 saturated heterocycles. The van der Waals surface area contributed by atoms with E-state index < -0.39 is 5.97 Å². The number of nitrogens with zero attached hydrogens (tertiary/aromatic N) is 1. The van der Waals surface area contributed by atoms with Crippen LogP contribution in [0.15, 0.2) is 18.2 Å². The molecule has 0 fully saturated rings. The second kappa shape index (κ2) is 7.52. The van der Waals surface area contributed by atoms with E-state index in [0.717, 1.165) is 12.8 Å². The van der Waals surface area contributed by atoms with E-state index in [0.29, 0.717) is 17.9 Å². The maximum Gasteiger partial charge on any atom is 0.335 e. The Morgan fingerprint density at radius 2 is 2.10 bits per heavy atom. The smallest absolute Gasteiger partial charge is 0.335 e. The summed E-state index contributed by atoms with van der Waals surface area (Å²) < 4.78 is 0. The van der Waals surface area contributed by atoms with Crippen molar-refractivity contribution in [2.24, 2.45) is 0 Å². The average Bonchev–Trinajstić information content (AvgIpc) is 2.45. The minimum absolute atomic E-state index is 0.0762. The molecule has 0 bridgehead atoms. The molecule has 21 heavy (non-hydrogen) atoms. The van der Waals surface area contributed by atoms with Crippen LogP contribution in [-0.4, -0.2) is 36.6 Å². The fourth-order valence-corrected chi connectivity index (χ4v) is 1.93. The third kappa shape index (κ3) is 4.37. The van der Waals surface area contributed by atoms with Crippen molar-refractivity contribution in [3.05, 3.63) is 23.8 Å². The average molecular weight is 293 g/mol. The van der Waals surface area contributed by atoms with E-state index in [-0.39, 0.29) is 17.5 Å². The van der Waals surface area contributed by atoms with Crippen molar-refractivity contribution in [1.29, 1.82) is 0 Å². The molecule has 0 aliphatic heterocycles. The standard InChI is InChI=1S/C15H23N3O3/c1-4-5-8-17-14(19)10(2)18(3)13-7-6-11(15(20)21)9-12(13)16/h6-7,9-10H,4-5,8,16H2,1-3H3,(H,17,19)(H,20,21). The summed E-state index contributed by atoms with van der Waals surface area (Å²) in [6.07, 6.45) is 1.96. The summed E-state index contributed by atoms with van der Waals surface area (Å²) in [6.45, 7) is 4.50. The number of carboxylic acid groups (broad SMARTS) is 1. The van der Waals surface area contributed by atoms with Crippen molar-refractivity contribution < 1.29 is 14.7 Å². The highest BCUT2D eigenvalue weighted by molar-refractivity contribution is 5.91. The zero-order valence-electron chi connectivity index (χ0n) is 12.7. The number of carbonyl (C=O) groups is 2. The summed E-state index contributed by atoms with van der Waals surface area (Å²) in [5.41, 5.74) is 6.99. The topological polar surface area (TPSA) is 95.7 Å². The Hall–Kier alpha value is -2.24. The van der Waals surface area contributed by atoms with Gasteiger partial charge in [0.1, 0.15) is 6.04 Å². The molecule has 6 heteroatoms. The number of likely N-dealkylation sites (N-methyl/N-ethyl adjacent to an activating group) is 1. The Labute approximate surface area is 124 Å². The minimum Gasteiger partial charge on any atom is -0.478 e. The van der Waals surface area contributed by atoms with Crippen molar-refractivity contribution in [3.8, 4) is 0 Å². The molecule has 1 unspecified atom stereocenters. The summed E-state index contributed by atoms with van der Waals surface area (Å²) in [5.74, 6) is -1.10. The minimum atomic E-state index is -1.03. The van der Waals surface area contributed by atoms with E-state index in [2.05, 4.69) is 12.2 Å². The van der Waals surface area contributed by atoms with Gasteiger partial charge in [-0.2, -0.15) is 0 Å². The van der Waals surface area contributed by atoms with E-state index in [9.17, 15) is 9.59 Å². The zero-order chi connectivity index (χ0) is 16.0. The molecule has 0 aliphatic carbocycles. The predicted molar refractivity (Wildman–Crippen MR) is 83.6 cm³/mol. The number of nitrogen functional groups attached to an aromatic ring is 1. The number of aromatic carboxylic acids is 1. The lowest BCUT2D eigenvalue weighted by atomic mass is 10.1. The lowest BCUT2D eigenvalue weighted by Gasteiger charge is -2.27. The molecular formula is C15H23N3O3. The number of amides is 1. The fourth-order valence-electron chi connectivity index (χ4n) is 1.93. The van der Waals surface area contributed by atoms with Gasteiger partial charge in [-0.1, -0.05) is 13.3 Å². The normalized spacial score (nSPS) is 11.8. The van der Waals surface area contributed by atoms with Gasteiger partial charge in [-0.3, -0.25) is 4.79 Å².